The molecule has 0 aliphatic carbocycles. The van der Waals surface area contributed by atoms with E-state index in [0.29, 0.717) is 24.8 Å². The standard InChI is InChI=1S/C25H31BN2O4/c1-18-6-5-7-19(2)25(18)28-13-12-21(15-28)17-30-23-10-8-22(9-11-23)26-31-20(3)14-27(4)16-24(29)32-26/h5-11,21H,3,12-17H2,1-2,4H3. The molecule has 2 aliphatic heterocycles. The van der Waals surface area contributed by atoms with Crippen LogP contribution in [0.3, 0.4) is 0 Å². The monoisotopic (exact) mass is 434 g/mol. The van der Waals surface area contributed by atoms with Crippen molar-refractivity contribution >= 4 is 24.2 Å². The number of ether oxygens (including phenoxy) is 1. The molecule has 2 fully saturated rings. The highest BCUT2D eigenvalue weighted by molar-refractivity contribution is 6.63. The van der Waals surface area contributed by atoms with E-state index in [1.807, 2.05) is 36.2 Å². The van der Waals surface area contributed by atoms with E-state index in [1.54, 1.807) is 0 Å². The zero-order valence-corrected chi connectivity index (χ0v) is 19.2. The first-order chi connectivity index (χ1) is 15.4. The number of likely N-dealkylation sites (N-methyl/N-ethyl adjacent to an activating group) is 1. The summed E-state index contributed by atoms with van der Waals surface area (Å²) in [6.45, 7) is 11.7. The summed E-state index contributed by atoms with van der Waals surface area (Å²) in [5.41, 5.74) is 4.78. The topological polar surface area (TPSA) is 51.2 Å². The van der Waals surface area contributed by atoms with Gasteiger partial charge in [-0.25, -0.2) is 0 Å². The van der Waals surface area contributed by atoms with E-state index in [1.165, 1.54) is 16.8 Å². The summed E-state index contributed by atoms with van der Waals surface area (Å²) in [5, 5.41) is 0. The summed E-state index contributed by atoms with van der Waals surface area (Å²) >= 11 is 0. The van der Waals surface area contributed by atoms with Crippen LogP contribution in [0, 0.1) is 19.8 Å². The molecule has 32 heavy (non-hydrogen) atoms. The van der Waals surface area contributed by atoms with Gasteiger partial charge < -0.3 is 18.9 Å². The van der Waals surface area contributed by atoms with Crippen molar-refractivity contribution in [3.05, 3.63) is 65.9 Å². The van der Waals surface area contributed by atoms with E-state index >= 15 is 0 Å². The zero-order chi connectivity index (χ0) is 22.7. The summed E-state index contributed by atoms with van der Waals surface area (Å²) in [7, 11) is 1.05. The fourth-order valence-corrected chi connectivity index (χ4v) is 4.49. The molecule has 0 amide bonds. The Hall–Kier alpha value is -2.93. The molecule has 0 spiro atoms. The fourth-order valence-electron chi connectivity index (χ4n) is 4.49. The van der Waals surface area contributed by atoms with Gasteiger partial charge in [0, 0.05) is 30.2 Å². The maximum Gasteiger partial charge on any atom is 0.634 e. The summed E-state index contributed by atoms with van der Waals surface area (Å²) in [6, 6.07) is 14.0. The predicted octanol–water partition coefficient (Wildman–Crippen LogP) is 2.92. The largest absolute Gasteiger partial charge is 0.634 e. The number of para-hydroxylation sites is 1. The first kappa shape index (κ1) is 22.3. The van der Waals surface area contributed by atoms with E-state index in [-0.39, 0.29) is 12.5 Å². The van der Waals surface area contributed by atoms with Gasteiger partial charge >= 0.3 is 13.1 Å². The molecular weight excluding hydrogens is 403 g/mol. The smallest absolute Gasteiger partial charge is 0.525 e. The molecule has 2 heterocycles. The minimum absolute atomic E-state index is 0.209. The van der Waals surface area contributed by atoms with Crippen molar-refractivity contribution < 1.29 is 18.8 Å². The van der Waals surface area contributed by atoms with Crippen molar-refractivity contribution in [2.45, 2.75) is 20.3 Å². The molecule has 6 nitrogen and oxygen atoms in total. The molecule has 2 aromatic rings. The highest BCUT2D eigenvalue weighted by atomic mass is 16.6. The van der Waals surface area contributed by atoms with Crippen LogP contribution in [0.25, 0.3) is 0 Å². The molecule has 0 aromatic heterocycles. The average Bonchev–Trinajstić information content (AvgIpc) is 3.19. The van der Waals surface area contributed by atoms with E-state index in [4.69, 9.17) is 14.0 Å². The van der Waals surface area contributed by atoms with Crippen LogP contribution < -0.4 is 15.1 Å². The summed E-state index contributed by atoms with van der Waals surface area (Å²) in [5.74, 6) is 1.54. The van der Waals surface area contributed by atoms with E-state index in [0.717, 1.165) is 30.7 Å². The van der Waals surface area contributed by atoms with E-state index in [2.05, 4.69) is 43.5 Å². The molecule has 2 saturated heterocycles. The molecule has 4 rings (SSSR count). The number of aryl methyl sites for hydroxylation is 2. The SMILES string of the molecule is C=C1CN(C)CC(=O)OB(c2ccc(OCC3CCN(c4c(C)cccc4C)C3)cc2)O1. The predicted molar refractivity (Wildman–Crippen MR) is 127 cm³/mol. The van der Waals surface area contributed by atoms with Crippen molar-refractivity contribution in [1.29, 1.82) is 0 Å². The Morgan fingerprint density at radius 1 is 1.09 bits per heavy atom. The van der Waals surface area contributed by atoms with Crippen LogP contribution in [0.5, 0.6) is 5.75 Å². The molecule has 2 aliphatic rings. The van der Waals surface area contributed by atoms with Crippen molar-refractivity contribution in [2.24, 2.45) is 5.92 Å². The second-order valence-corrected chi connectivity index (χ2v) is 8.87. The van der Waals surface area contributed by atoms with Gasteiger partial charge in [0.15, 0.2) is 0 Å². The summed E-state index contributed by atoms with van der Waals surface area (Å²) in [6.07, 6.45) is 1.12. The van der Waals surface area contributed by atoms with Crippen molar-refractivity contribution in [3.8, 4) is 5.75 Å². The Labute approximate surface area is 190 Å². The number of anilines is 1. The molecule has 7 heteroatoms. The normalized spacial score (nSPS) is 19.9. The molecule has 0 saturated carbocycles. The molecule has 2 aromatic carbocycles. The molecule has 1 atom stereocenters. The zero-order valence-electron chi connectivity index (χ0n) is 19.2. The number of rotatable bonds is 5. The van der Waals surface area contributed by atoms with E-state index in [9.17, 15) is 4.79 Å². The van der Waals surface area contributed by atoms with Crippen molar-refractivity contribution in [3.63, 3.8) is 0 Å². The number of carbonyl (C=O) groups is 1. The quantitative estimate of drug-likeness (QED) is 0.675. The van der Waals surface area contributed by atoms with Crippen LogP contribution in [0.4, 0.5) is 5.69 Å². The number of hydrogen-bond donors (Lipinski definition) is 0. The minimum atomic E-state index is -0.779. The maximum absolute atomic E-state index is 12.0. The maximum atomic E-state index is 12.0. The van der Waals surface area contributed by atoms with Crippen LogP contribution in [0.15, 0.2) is 54.8 Å². The van der Waals surface area contributed by atoms with Crippen molar-refractivity contribution in [1.82, 2.24) is 4.90 Å². The number of nitrogens with zero attached hydrogens (tertiary/aromatic N) is 2. The minimum Gasteiger partial charge on any atom is -0.525 e. The van der Waals surface area contributed by atoms with Gasteiger partial charge in [0.1, 0.15) is 5.75 Å². The fraction of sp³-hybridized carbons (Fsp3) is 0.400. The van der Waals surface area contributed by atoms with Crippen LogP contribution in [-0.4, -0.2) is 57.8 Å². The molecular formula is C25H31BN2O4. The lowest BCUT2D eigenvalue weighted by Crippen LogP contribution is -2.44. The van der Waals surface area contributed by atoms with Crippen LogP contribution >= 0.6 is 0 Å². The second-order valence-electron chi connectivity index (χ2n) is 8.87. The first-order valence-electron chi connectivity index (χ1n) is 11.2. The lowest BCUT2D eigenvalue weighted by molar-refractivity contribution is -0.137. The molecule has 0 bridgehead atoms. The summed E-state index contributed by atoms with van der Waals surface area (Å²) in [4.78, 5) is 16.3. The first-order valence-corrected chi connectivity index (χ1v) is 11.2. The number of carbonyl (C=O) groups excluding carboxylic acids is 1. The van der Waals surface area contributed by atoms with Crippen LogP contribution in [0.2, 0.25) is 0 Å². The third kappa shape index (κ3) is 5.27. The Bertz CT molecular complexity index is 938. The van der Waals surface area contributed by atoms with Gasteiger partial charge in [0.05, 0.1) is 25.5 Å². The Kier molecular flexibility index (Phi) is 6.75. The van der Waals surface area contributed by atoms with Gasteiger partial charge in [-0.3, -0.25) is 9.69 Å². The van der Waals surface area contributed by atoms with Gasteiger partial charge in [0.25, 0.3) is 0 Å². The lowest BCUT2D eigenvalue weighted by atomic mass is 9.78. The average molecular weight is 434 g/mol. The Morgan fingerprint density at radius 3 is 2.53 bits per heavy atom. The lowest BCUT2D eigenvalue weighted by Gasteiger charge is -2.25. The third-order valence-corrected chi connectivity index (χ3v) is 6.04. The van der Waals surface area contributed by atoms with Crippen LogP contribution in [0.1, 0.15) is 17.5 Å². The van der Waals surface area contributed by atoms with Gasteiger partial charge in [-0.15, -0.1) is 0 Å². The number of hydrogen-bond acceptors (Lipinski definition) is 6. The Balaban J connectivity index is 1.32. The van der Waals surface area contributed by atoms with Gasteiger partial charge in [-0.05, 0) is 50.6 Å². The van der Waals surface area contributed by atoms with Gasteiger partial charge in [-0.2, -0.15) is 0 Å². The van der Waals surface area contributed by atoms with Crippen molar-refractivity contribution in [2.75, 3.05) is 44.7 Å². The van der Waals surface area contributed by atoms with Gasteiger partial charge in [-0.1, -0.05) is 36.9 Å². The number of benzene rings is 2. The van der Waals surface area contributed by atoms with Crippen LogP contribution in [-0.2, 0) is 14.1 Å². The molecule has 0 radical (unpaired) electrons. The highest BCUT2D eigenvalue weighted by Crippen LogP contribution is 2.30. The third-order valence-electron chi connectivity index (χ3n) is 6.04. The molecule has 1 unspecified atom stereocenters. The molecule has 168 valence electrons. The van der Waals surface area contributed by atoms with E-state index < -0.39 is 7.12 Å². The summed E-state index contributed by atoms with van der Waals surface area (Å²) < 4.78 is 17.3. The highest BCUT2D eigenvalue weighted by Gasteiger charge is 2.32. The molecule has 0 N–H and O–H groups in total. The Morgan fingerprint density at radius 2 is 1.81 bits per heavy atom. The van der Waals surface area contributed by atoms with Gasteiger partial charge in [0.2, 0.25) is 0 Å². The second kappa shape index (κ2) is 9.69.